The van der Waals surface area contributed by atoms with E-state index in [-0.39, 0.29) is 6.42 Å². The van der Waals surface area contributed by atoms with E-state index in [2.05, 4.69) is 37.8 Å². The first-order valence-corrected chi connectivity index (χ1v) is 12.2. The van der Waals surface area contributed by atoms with Crippen LogP contribution in [0.5, 0.6) is 5.75 Å². The van der Waals surface area contributed by atoms with Crippen LogP contribution in [0.25, 0.3) is 22.5 Å². The zero-order valence-electron chi connectivity index (χ0n) is 20.9. The molecule has 0 fully saturated rings. The summed E-state index contributed by atoms with van der Waals surface area (Å²) in [6, 6.07) is 17.6. The normalized spacial score (nSPS) is 16.3. The Labute approximate surface area is 222 Å². The summed E-state index contributed by atoms with van der Waals surface area (Å²) < 4.78 is 45.7. The number of amides is 2. The molecule has 5 rings (SSSR count). The number of H-pyrrole nitrogens is 1. The number of ether oxygens (including phenoxy) is 1. The number of carbonyl (C=O) groups is 1. The van der Waals surface area contributed by atoms with Crippen molar-refractivity contribution < 1.29 is 22.7 Å². The summed E-state index contributed by atoms with van der Waals surface area (Å²) in [6.07, 6.45) is -4.70. The number of hydrogen-bond donors (Lipinski definition) is 3. The molecular weight excluding hydrogens is 509 g/mol. The van der Waals surface area contributed by atoms with E-state index in [0.29, 0.717) is 39.6 Å². The number of carbonyl (C=O) groups excluding carboxylic acids is 1. The molecule has 4 aromatic rings. The molecule has 0 unspecified atom stereocenters. The van der Waals surface area contributed by atoms with E-state index in [1.165, 1.54) is 6.08 Å². The molecule has 39 heavy (non-hydrogen) atoms. The minimum Gasteiger partial charge on any atom is -0.483 e. The lowest BCUT2D eigenvalue weighted by atomic mass is 9.87. The molecule has 1 aliphatic heterocycles. The molecule has 0 saturated carbocycles. The van der Waals surface area contributed by atoms with Crippen molar-refractivity contribution >= 4 is 17.4 Å². The van der Waals surface area contributed by atoms with Gasteiger partial charge in [-0.15, -0.1) is 5.10 Å². The second-order valence-electron chi connectivity index (χ2n) is 9.26. The second-order valence-corrected chi connectivity index (χ2v) is 9.26. The second kappa shape index (κ2) is 10.6. The Balaban J connectivity index is 1.57. The SMILES string of the molecule is C=C[C@@H]1Oc2c(NC(=O)Nc3ccc(C)cc3)cc(-c3ccccc3-c3nnn[nH]3)cc2[C@H]1CCC(F)(F)F. The van der Waals surface area contributed by atoms with Crippen LogP contribution in [-0.4, -0.2) is 38.9 Å². The van der Waals surface area contributed by atoms with Crippen LogP contribution in [0.15, 0.2) is 73.3 Å². The summed E-state index contributed by atoms with van der Waals surface area (Å²) in [7, 11) is 0. The lowest BCUT2D eigenvalue weighted by Crippen LogP contribution is -2.20. The van der Waals surface area contributed by atoms with Gasteiger partial charge in [-0.05, 0) is 59.2 Å². The highest BCUT2D eigenvalue weighted by atomic mass is 19.4. The largest absolute Gasteiger partial charge is 0.483 e. The molecule has 0 bridgehead atoms. The fraction of sp³-hybridized carbons (Fsp3) is 0.214. The number of nitrogens with zero attached hydrogens (tertiary/aromatic N) is 3. The first kappa shape index (κ1) is 26.0. The van der Waals surface area contributed by atoms with E-state index in [4.69, 9.17) is 4.74 Å². The lowest BCUT2D eigenvalue weighted by Gasteiger charge is -2.17. The number of nitrogens with one attached hydrogen (secondary N) is 3. The van der Waals surface area contributed by atoms with Crippen molar-refractivity contribution in [1.29, 1.82) is 0 Å². The van der Waals surface area contributed by atoms with Gasteiger partial charge in [-0.3, -0.25) is 0 Å². The van der Waals surface area contributed by atoms with Crippen molar-refractivity contribution in [3.8, 4) is 28.3 Å². The number of rotatable bonds is 7. The molecule has 0 saturated heterocycles. The van der Waals surface area contributed by atoms with Crippen molar-refractivity contribution in [2.75, 3.05) is 10.6 Å². The number of alkyl halides is 3. The highest BCUT2D eigenvalue weighted by Crippen LogP contribution is 2.49. The number of benzene rings is 3. The van der Waals surface area contributed by atoms with Gasteiger partial charge in [-0.25, -0.2) is 9.89 Å². The number of tetrazole rings is 1. The van der Waals surface area contributed by atoms with Crippen LogP contribution in [0.4, 0.5) is 29.3 Å². The first-order valence-electron chi connectivity index (χ1n) is 12.2. The van der Waals surface area contributed by atoms with E-state index in [9.17, 15) is 18.0 Å². The summed E-state index contributed by atoms with van der Waals surface area (Å²) in [5.74, 6) is 0.124. The average molecular weight is 535 g/mol. The summed E-state index contributed by atoms with van der Waals surface area (Å²) in [5, 5.41) is 19.7. The zero-order chi connectivity index (χ0) is 27.6. The molecular formula is C28H25F3N6O2. The van der Waals surface area contributed by atoms with Gasteiger partial charge in [0.25, 0.3) is 0 Å². The number of aromatic nitrogens is 4. The third-order valence-corrected chi connectivity index (χ3v) is 6.53. The minimum atomic E-state index is -4.33. The molecule has 11 heteroatoms. The molecule has 8 nitrogen and oxygen atoms in total. The number of fused-ring (bicyclic) bond motifs is 1. The summed E-state index contributed by atoms with van der Waals surface area (Å²) in [4.78, 5) is 13.0. The van der Waals surface area contributed by atoms with Crippen molar-refractivity contribution in [2.45, 2.75) is 38.0 Å². The van der Waals surface area contributed by atoms with Gasteiger partial charge in [0.05, 0.1) is 5.69 Å². The molecule has 0 aliphatic carbocycles. The number of halogens is 3. The molecule has 2 heterocycles. The van der Waals surface area contributed by atoms with Crippen LogP contribution in [-0.2, 0) is 0 Å². The third-order valence-electron chi connectivity index (χ3n) is 6.53. The van der Waals surface area contributed by atoms with Gasteiger partial charge in [0.1, 0.15) is 11.9 Å². The van der Waals surface area contributed by atoms with Crippen molar-refractivity contribution in [2.24, 2.45) is 0 Å². The van der Waals surface area contributed by atoms with Gasteiger partial charge in [-0.1, -0.05) is 54.6 Å². The van der Waals surface area contributed by atoms with E-state index in [1.54, 1.807) is 24.3 Å². The lowest BCUT2D eigenvalue weighted by molar-refractivity contribution is -0.136. The molecule has 0 radical (unpaired) electrons. The molecule has 200 valence electrons. The van der Waals surface area contributed by atoms with Gasteiger partial charge >= 0.3 is 12.2 Å². The zero-order valence-corrected chi connectivity index (χ0v) is 20.9. The van der Waals surface area contributed by atoms with Crippen molar-refractivity contribution in [1.82, 2.24) is 20.6 Å². The van der Waals surface area contributed by atoms with Crippen LogP contribution >= 0.6 is 0 Å². The summed E-state index contributed by atoms with van der Waals surface area (Å²) in [6.45, 7) is 5.71. The minimum absolute atomic E-state index is 0.195. The van der Waals surface area contributed by atoms with E-state index in [0.717, 1.165) is 11.1 Å². The Morgan fingerprint density at radius 3 is 2.51 bits per heavy atom. The van der Waals surface area contributed by atoms with Crippen molar-refractivity contribution in [3.05, 3.63) is 84.4 Å². The van der Waals surface area contributed by atoms with Crippen molar-refractivity contribution in [3.63, 3.8) is 0 Å². The molecule has 0 spiro atoms. The average Bonchev–Trinajstić information content (AvgIpc) is 3.56. The quantitative estimate of drug-likeness (QED) is 0.225. The number of urea groups is 1. The maximum Gasteiger partial charge on any atom is 0.389 e. The standard InChI is InChI=1S/C28H25F3N6O2/c1-3-24-20(12-13-28(29,30)31)22-14-17(19-6-4-5-7-21(19)26-34-36-37-35-26)15-23(25(22)39-24)33-27(38)32-18-10-8-16(2)9-11-18/h3-11,14-15,20,24H,1,12-13H2,2H3,(H2,32,33,38)(H,34,35,36,37)/t20-,24+/m1/s1. The molecule has 3 N–H and O–H groups in total. The highest BCUT2D eigenvalue weighted by Gasteiger charge is 2.38. The highest BCUT2D eigenvalue weighted by molar-refractivity contribution is 6.01. The number of aromatic amines is 1. The Morgan fingerprint density at radius 1 is 1.10 bits per heavy atom. The van der Waals surface area contributed by atoms with Crippen LogP contribution in [0, 0.1) is 6.92 Å². The maximum atomic E-state index is 13.2. The molecule has 1 aliphatic rings. The molecule has 1 aromatic heterocycles. The van der Waals surface area contributed by atoms with Crippen LogP contribution in [0.2, 0.25) is 0 Å². The van der Waals surface area contributed by atoms with Gasteiger partial charge in [0.2, 0.25) is 0 Å². The smallest absolute Gasteiger partial charge is 0.389 e. The predicted molar refractivity (Wildman–Crippen MR) is 142 cm³/mol. The molecule has 2 amide bonds. The van der Waals surface area contributed by atoms with Crippen LogP contribution in [0.1, 0.15) is 29.9 Å². The van der Waals surface area contributed by atoms with E-state index in [1.807, 2.05) is 43.3 Å². The van der Waals surface area contributed by atoms with Gasteiger partial charge in [-0.2, -0.15) is 13.2 Å². The number of aryl methyl sites for hydroxylation is 1. The summed E-state index contributed by atoms with van der Waals surface area (Å²) >= 11 is 0. The van der Waals surface area contributed by atoms with Gasteiger partial charge in [0, 0.05) is 29.2 Å². The topological polar surface area (TPSA) is 105 Å². The monoisotopic (exact) mass is 534 g/mol. The predicted octanol–water partition coefficient (Wildman–Crippen LogP) is 6.86. The van der Waals surface area contributed by atoms with Gasteiger partial charge < -0.3 is 15.4 Å². The van der Waals surface area contributed by atoms with E-state index >= 15 is 0 Å². The number of anilines is 2. The van der Waals surface area contributed by atoms with Gasteiger partial charge in [0.15, 0.2) is 5.82 Å². The molecule has 2 atom stereocenters. The fourth-order valence-electron chi connectivity index (χ4n) is 4.69. The Kier molecular flexibility index (Phi) is 7.05. The van der Waals surface area contributed by atoms with E-state index < -0.39 is 30.7 Å². The molecule has 3 aromatic carbocycles. The Bertz CT molecular complexity index is 1490. The van der Waals surface area contributed by atoms with Crippen LogP contribution < -0.4 is 15.4 Å². The summed E-state index contributed by atoms with van der Waals surface area (Å²) in [5.41, 5.74) is 4.55. The number of hydrogen-bond acceptors (Lipinski definition) is 5. The fourth-order valence-corrected chi connectivity index (χ4v) is 4.69. The Morgan fingerprint density at radius 2 is 1.85 bits per heavy atom. The third kappa shape index (κ3) is 5.77. The van der Waals surface area contributed by atoms with Crippen LogP contribution in [0.3, 0.4) is 0 Å². The maximum absolute atomic E-state index is 13.2. The first-order chi connectivity index (χ1) is 18.7. The Hall–Kier alpha value is -4.67.